The van der Waals surface area contributed by atoms with E-state index in [2.05, 4.69) is 35.5 Å². The van der Waals surface area contributed by atoms with Crippen molar-refractivity contribution in [3.05, 3.63) is 42.2 Å². The van der Waals surface area contributed by atoms with Gasteiger partial charge in [-0.2, -0.15) is 0 Å². The summed E-state index contributed by atoms with van der Waals surface area (Å²) < 4.78 is 0. The number of benzene rings is 1. The summed E-state index contributed by atoms with van der Waals surface area (Å²) in [6, 6.07) is 8.44. The fraction of sp³-hybridized carbons (Fsp3) is 0.250. The van der Waals surface area contributed by atoms with E-state index < -0.39 is 0 Å². The number of hydrogen-bond acceptors (Lipinski definition) is 3. The summed E-state index contributed by atoms with van der Waals surface area (Å²) in [5, 5.41) is 2.38. The van der Waals surface area contributed by atoms with Crippen molar-refractivity contribution in [2.75, 3.05) is 0 Å². The quantitative estimate of drug-likeness (QED) is 0.591. The molecule has 0 radical (unpaired) electrons. The molecule has 0 spiro atoms. The van der Waals surface area contributed by atoms with E-state index in [0.29, 0.717) is 0 Å². The summed E-state index contributed by atoms with van der Waals surface area (Å²) >= 11 is 0. The maximum absolute atomic E-state index is 5.54. The molecule has 1 aromatic heterocycles. The third-order valence-electron chi connectivity index (χ3n) is 2.70. The molecule has 0 aliphatic rings. The molecule has 0 saturated heterocycles. The van der Waals surface area contributed by atoms with Gasteiger partial charge in [0.2, 0.25) is 0 Å². The lowest BCUT2D eigenvalue weighted by atomic mass is 9.99. The first-order valence-electron chi connectivity index (χ1n) is 5.15. The first-order valence-corrected chi connectivity index (χ1v) is 5.15. The minimum Gasteiger partial charge on any atom is -0.271 e. The van der Waals surface area contributed by atoms with Gasteiger partial charge in [-0.3, -0.25) is 16.3 Å². The number of hydrogen-bond donors (Lipinski definition) is 2. The van der Waals surface area contributed by atoms with Gasteiger partial charge in [-0.25, -0.2) is 0 Å². The van der Waals surface area contributed by atoms with Crippen LogP contribution in [0.25, 0.3) is 10.8 Å². The Labute approximate surface area is 89.3 Å². The van der Waals surface area contributed by atoms with E-state index >= 15 is 0 Å². The smallest absolute Gasteiger partial charge is 0.0464 e. The van der Waals surface area contributed by atoms with E-state index in [4.69, 9.17) is 5.84 Å². The molecule has 3 nitrogen and oxygen atoms in total. The third-order valence-corrected chi connectivity index (χ3v) is 2.70. The molecule has 1 aromatic carbocycles. The van der Waals surface area contributed by atoms with E-state index in [0.717, 1.165) is 6.42 Å². The Bertz CT molecular complexity index is 444. The highest BCUT2D eigenvalue weighted by Gasteiger charge is 2.09. The normalized spacial score (nSPS) is 12.9. The lowest BCUT2D eigenvalue weighted by Crippen LogP contribution is -2.27. The molecule has 2 aromatic rings. The zero-order valence-electron chi connectivity index (χ0n) is 8.77. The molecule has 1 atom stereocenters. The van der Waals surface area contributed by atoms with Crippen LogP contribution >= 0.6 is 0 Å². The largest absolute Gasteiger partial charge is 0.271 e. The maximum Gasteiger partial charge on any atom is 0.0464 e. The van der Waals surface area contributed by atoms with Gasteiger partial charge in [-0.1, -0.05) is 25.1 Å². The number of nitrogens with two attached hydrogens (primary N) is 1. The molecule has 0 saturated carbocycles. The van der Waals surface area contributed by atoms with Crippen LogP contribution < -0.4 is 11.3 Å². The lowest BCUT2D eigenvalue weighted by Gasteiger charge is -2.15. The van der Waals surface area contributed by atoms with Gasteiger partial charge < -0.3 is 0 Å². The van der Waals surface area contributed by atoms with Crippen LogP contribution in [0.3, 0.4) is 0 Å². The molecule has 0 amide bonds. The standard InChI is InChI=1S/C12H15N3/c1-2-12(15-13)10-5-3-4-9-6-7-14-8-11(9)10/h3-8,12,15H,2,13H2,1H3. The summed E-state index contributed by atoms with van der Waals surface area (Å²) in [4.78, 5) is 4.16. The van der Waals surface area contributed by atoms with Crippen LogP contribution in [0, 0.1) is 0 Å². The summed E-state index contributed by atoms with van der Waals surface area (Å²) in [6.07, 6.45) is 4.66. The predicted molar refractivity (Wildman–Crippen MR) is 62.1 cm³/mol. The molecule has 2 rings (SSSR count). The Hall–Kier alpha value is -1.45. The topological polar surface area (TPSA) is 50.9 Å². The SMILES string of the molecule is CCC(NN)c1cccc2ccncc12. The molecule has 78 valence electrons. The van der Waals surface area contributed by atoms with Gasteiger partial charge in [-0.15, -0.1) is 0 Å². The second-order valence-electron chi connectivity index (χ2n) is 3.57. The minimum atomic E-state index is 0.192. The number of fused-ring (bicyclic) bond motifs is 1. The summed E-state index contributed by atoms with van der Waals surface area (Å²) in [7, 11) is 0. The van der Waals surface area contributed by atoms with Crippen LogP contribution in [0.5, 0.6) is 0 Å². The van der Waals surface area contributed by atoms with E-state index in [9.17, 15) is 0 Å². The van der Waals surface area contributed by atoms with Crippen molar-refractivity contribution in [2.45, 2.75) is 19.4 Å². The third kappa shape index (κ3) is 1.84. The number of aromatic nitrogens is 1. The Morgan fingerprint density at radius 3 is 3.00 bits per heavy atom. The molecule has 0 bridgehead atoms. The monoisotopic (exact) mass is 201 g/mol. The van der Waals surface area contributed by atoms with E-state index in [1.807, 2.05) is 18.5 Å². The first kappa shape index (κ1) is 10.1. The van der Waals surface area contributed by atoms with Crippen molar-refractivity contribution in [1.29, 1.82) is 0 Å². The van der Waals surface area contributed by atoms with Crippen LogP contribution in [0.15, 0.2) is 36.7 Å². The zero-order valence-corrected chi connectivity index (χ0v) is 8.77. The highest BCUT2D eigenvalue weighted by atomic mass is 15.2. The van der Waals surface area contributed by atoms with E-state index in [1.54, 1.807) is 0 Å². The first-order chi connectivity index (χ1) is 7.36. The Morgan fingerprint density at radius 1 is 1.40 bits per heavy atom. The number of hydrazine groups is 1. The second kappa shape index (κ2) is 4.38. The Morgan fingerprint density at radius 2 is 2.27 bits per heavy atom. The summed E-state index contributed by atoms with van der Waals surface area (Å²) in [6.45, 7) is 2.11. The average molecular weight is 201 g/mol. The van der Waals surface area contributed by atoms with Gasteiger partial charge in [0.15, 0.2) is 0 Å². The minimum absolute atomic E-state index is 0.192. The molecule has 1 unspecified atom stereocenters. The van der Waals surface area contributed by atoms with Crippen molar-refractivity contribution in [2.24, 2.45) is 5.84 Å². The van der Waals surface area contributed by atoms with Crippen molar-refractivity contribution in [3.8, 4) is 0 Å². The van der Waals surface area contributed by atoms with Crippen molar-refractivity contribution in [1.82, 2.24) is 10.4 Å². The molecule has 3 N–H and O–H groups in total. The fourth-order valence-electron chi connectivity index (χ4n) is 1.87. The van der Waals surface area contributed by atoms with Crippen LogP contribution in [0.4, 0.5) is 0 Å². The van der Waals surface area contributed by atoms with Crippen molar-refractivity contribution in [3.63, 3.8) is 0 Å². The van der Waals surface area contributed by atoms with Gasteiger partial charge >= 0.3 is 0 Å². The average Bonchev–Trinajstić information content (AvgIpc) is 2.31. The van der Waals surface area contributed by atoms with Crippen molar-refractivity contribution >= 4 is 10.8 Å². The molecular formula is C12H15N3. The second-order valence-corrected chi connectivity index (χ2v) is 3.57. The van der Waals surface area contributed by atoms with Crippen LogP contribution in [0.1, 0.15) is 24.9 Å². The highest BCUT2D eigenvalue weighted by molar-refractivity contribution is 5.85. The summed E-state index contributed by atoms with van der Waals surface area (Å²) in [5.74, 6) is 5.54. The summed E-state index contributed by atoms with van der Waals surface area (Å²) in [5.41, 5.74) is 4.05. The molecule has 0 aliphatic carbocycles. The van der Waals surface area contributed by atoms with Crippen LogP contribution in [-0.4, -0.2) is 4.98 Å². The van der Waals surface area contributed by atoms with Crippen LogP contribution in [-0.2, 0) is 0 Å². The number of pyridine rings is 1. The number of rotatable bonds is 3. The highest BCUT2D eigenvalue weighted by Crippen LogP contribution is 2.24. The Balaban J connectivity index is 2.59. The van der Waals surface area contributed by atoms with Gasteiger partial charge in [0.1, 0.15) is 0 Å². The fourth-order valence-corrected chi connectivity index (χ4v) is 1.87. The molecule has 0 fully saturated rings. The lowest BCUT2D eigenvalue weighted by molar-refractivity contribution is 0.542. The van der Waals surface area contributed by atoms with Crippen molar-refractivity contribution < 1.29 is 0 Å². The molecule has 0 aliphatic heterocycles. The van der Waals surface area contributed by atoms with Gasteiger partial charge in [0.25, 0.3) is 0 Å². The maximum atomic E-state index is 5.54. The molecular weight excluding hydrogens is 186 g/mol. The Kier molecular flexibility index (Phi) is 2.94. The van der Waals surface area contributed by atoms with E-state index in [1.165, 1.54) is 16.3 Å². The predicted octanol–water partition coefficient (Wildman–Crippen LogP) is 2.15. The molecule has 3 heteroatoms. The van der Waals surface area contributed by atoms with Gasteiger partial charge in [-0.05, 0) is 23.4 Å². The van der Waals surface area contributed by atoms with E-state index in [-0.39, 0.29) is 6.04 Å². The van der Waals surface area contributed by atoms with Gasteiger partial charge in [0.05, 0.1) is 0 Å². The van der Waals surface area contributed by atoms with Gasteiger partial charge in [0, 0.05) is 23.8 Å². The number of nitrogens with zero attached hydrogens (tertiary/aromatic N) is 1. The molecule has 1 heterocycles. The van der Waals surface area contributed by atoms with Crippen LogP contribution in [0.2, 0.25) is 0 Å². The zero-order chi connectivity index (χ0) is 10.7. The molecule has 15 heavy (non-hydrogen) atoms. The number of nitrogens with one attached hydrogen (secondary N) is 1.